The molecule has 1 aliphatic carbocycles. The van der Waals surface area contributed by atoms with Crippen LogP contribution in [0.15, 0.2) is 24.5 Å². The Morgan fingerprint density at radius 3 is 3.14 bits per heavy atom. The Balaban J connectivity index is 1.31. The summed E-state index contributed by atoms with van der Waals surface area (Å²) in [6.07, 6.45) is 10.2. The van der Waals surface area contributed by atoms with Crippen molar-refractivity contribution in [3.63, 3.8) is 0 Å². The van der Waals surface area contributed by atoms with Crippen molar-refractivity contribution in [2.75, 3.05) is 26.2 Å². The lowest BCUT2D eigenvalue weighted by Crippen LogP contribution is -2.36. The van der Waals surface area contributed by atoms with Crippen LogP contribution in [0.3, 0.4) is 0 Å². The van der Waals surface area contributed by atoms with Gasteiger partial charge in [-0.2, -0.15) is 0 Å². The minimum absolute atomic E-state index is 0.0522. The molecule has 0 bridgehead atoms. The Hall–Kier alpha value is -1.13. The van der Waals surface area contributed by atoms with Crippen LogP contribution < -0.4 is 4.74 Å². The van der Waals surface area contributed by atoms with E-state index in [1.807, 2.05) is 12.1 Å². The second-order valence-electron chi connectivity index (χ2n) is 6.91. The molecule has 1 saturated carbocycles. The Bertz CT molecular complexity index is 477. The molecule has 2 atom stereocenters. The van der Waals surface area contributed by atoms with Crippen LogP contribution in [0, 0.1) is 5.92 Å². The molecule has 3 heterocycles. The molecule has 4 rings (SSSR count). The maximum Gasteiger partial charge on any atom is 0.138 e. The first-order chi connectivity index (χ1) is 10.3. The highest BCUT2D eigenvalue weighted by molar-refractivity contribution is 5.16. The van der Waals surface area contributed by atoms with E-state index in [-0.39, 0.29) is 11.7 Å². The SMILES string of the molecule is c1cncc(O[C@@H]2CO[C@]3(CCN(CC4CCC4)C3)C2)c1. The van der Waals surface area contributed by atoms with Crippen LogP contribution in [0.25, 0.3) is 0 Å². The predicted octanol–water partition coefficient (Wildman–Crippen LogP) is 2.49. The number of hydrogen-bond acceptors (Lipinski definition) is 4. The van der Waals surface area contributed by atoms with Crippen molar-refractivity contribution in [2.24, 2.45) is 5.92 Å². The van der Waals surface area contributed by atoms with Gasteiger partial charge in [0.1, 0.15) is 11.9 Å². The number of hydrogen-bond donors (Lipinski definition) is 0. The van der Waals surface area contributed by atoms with Crippen molar-refractivity contribution < 1.29 is 9.47 Å². The van der Waals surface area contributed by atoms with Crippen LogP contribution in [0.5, 0.6) is 5.75 Å². The van der Waals surface area contributed by atoms with Gasteiger partial charge in [0.25, 0.3) is 0 Å². The Kier molecular flexibility index (Phi) is 3.59. The molecule has 0 aromatic carbocycles. The van der Waals surface area contributed by atoms with E-state index in [2.05, 4.69) is 9.88 Å². The lowest BCUT2D eigenvalue weighted by Gasteiger charge is -2.31. The van der Waals surface area contributed by atoms with Gasteiger partial charge >= 0.3 is 0 Å². The fraction of sp³-hybridized carbons (Fsp3) is 0.706. The first-order valence-electron chi connectivity index (χ1n) is 8.24. The van der Waals surface area contributed by atoms with E-state index in [4.69, 9.17) is 9.47 Å². The summed E-state index contributed by atoms with van der Waals surface area (Å²) in [5.74, 6) is 1.80. The number of ether oxygens (including phenoxy) is 2. The second kappa shape index (κ2) is 5.58. The van der Waals surface area contributed by atoms with Gasteiger partial charge < -0.3 is 14.4 Å². The standard InChI is InChI=1S/C17H24N2O2/c1-3-14(4-1)11-19-8-6-17(13-19)9-16(12-20-17)21-15-5-2-7-18-10-15/h2,5,7,10,14,16H,1,3-4,6,8-9,11-13H2/t16-,17+/m0/s1. The van der Waals surface area contributed by atoms with E-state index in [0.29, 0.717) is 6.61 Å². The van der Waals surface area contributed by atoms with E-state index < -0.39 is 0 Å². The molecule has 1 spiro atoms. The third kappa shape index (κ3) is 2.92. The monoisotopic (exact) mass is 288 g/mol. The molecule has 114 valence electrons. The van der Waals surface area contributed by atoms with Gasteiger partial charge in [0.2, 0.25) is 0 Å². The fourth-order valence-electron chi connectivity index (χ4n) is 3.90. The maximum atomic E-state index is 6.16. The first kappa shape index (κ1) is 13.5. The van der Waals surface area contributed by atoms with E-state index in [1.54, 1.807) is 12.4 Å². The molecule has 1 aromatic heterocycles. The van der Waals surface area contributed by atoms with Gasteiger partial charge in [-0.25, -0.2) is 0 Å². The van der Waals surface area contributed by atoms with Gasteiger partial charge in [-0.05, 0) is 37.3 Å². The summed E-state index contributed by atoms with van der Waals surface area (Å²) in [4.78, 5) is 6.71. The molecule has 3 fully saturated rings. The zero-order valence-electron chi connectivity index (χ0n) is 12.5. The summed E-state index contributed by atoms with van der Waals surface area (Å²) in [6, 6.07) is 3.88. The van der Waals surface area contributed by atoms with E-state index in [1.165, 1.54) is 32.4 Å². The van der Waals surface area contributed by atoms with E-state index in [9.17, 15) is 0 Å². The average Bonchev–Trinajstić information content (AvgIpc) is 3.03. The summed E-state index contributed by atoms with van der Waals surface area (Å²) in [7, 11) is 0. The highest BCUT2D eigenvalue weighted by Crippen LogP contribution is 2.38. The van der Waals surface area contributed by atoms with Gasteiger partial charge in [-0.3, -0.25) is 4.98 Å². The number of nitrogens with zero attached hydrogens (tertiary/aromatic N) is 2. The van der Waals surface area contributed by atoms with Gasteiger partial charge in [-0.1, -0.05) is 6.42 Å². The average molecular weight is 288 g/mol. The topological polar surface area (TPSA) is 34.6 Å². The van der Waals surface area contributed by atoms with Crippen LogP contribution in [-0.4, -0.2) is 47.8 Å². The molecular formula is C17H24N2O2. The molecule has 0 unspecified atom stereocenters. The molecule has 2 saturated heterocycles. The van der Waals surface area contributed by atoms with E-state index in [0.717, 1.165) is 31.1 Å². The number of likely N-dealkylation sites (tertiary alicyclic amines) is 1. The van der Waals surface area contributed by atoms with Crippen molar-refractivity contribution in [3.8, 4) is 5.75 Å². The van der Waals surface area contributed by atoms with Crippen LogP contribution in [0.4, 0.5) is 0 Å². The third-order valence-corrected chi connectivity index (χ3v) is 5.25. The fourth-order valence-corrected chi connectivity index (χ4v) is 3.90. The highest BCUT2D eigenvalue weighted by atomic mass is 16.6. The number of rotatable bonds is 4. The molecule has 1 aromatic rings. The van der Waals surface area contributed by atoms with Gasteiger partial charge in [0.15, 0.2) is 0 Å². The van der Waals surface area contributed by atoms with E-state index >= 15 is 0 Å². The molecule has 2 aliphatic heterocycles. The molecule has 3 aliphatic rings. The summed E-state index contributed by atoms with van der Waals surface area (Å²) in [5.41, 5.74) is 0.0522. The Labute approximate surface area is 126 Å². The molecule has 4 heteroatoms. The zero-order valence-corrected chi connectivity index (χ0v) is 12.5. The van der Waals surface area contributed by atoms with Crippen molar-refractivity contribution >= 4 is 0 Å². The van der Waals surface area contributed by atoms with Crippen molar-refractivity contribution in [2.45, 2.75) is 43.8 Å². The lowest BCUT2D eigenvalue weighted by molar-refractivity contribution is 0.00791. The van der Waals surface area contributed by atoms with Crippen molar-refractivity contribution in [1.82, 2.24) is 9.88 Å². The zero-order chi connectivity index (χ0) is 14.1. The molecule has 0 N–H and O–H groups in total. The summed E-state index contributed by atoms with van der Waals surface area (Å²) < 4.78 is 12.2. The first-order valence-corrected chi connectivity index (χ1v) is 8.24. The highest BCUT2D eigenvalue weighted by Gasteiger charge is 2.46. The normalized spacial score (nSPS) is 33.4. The quantitative estimate of drug-likeness (QED) is 0.852. The largest absolute Gasteiger partial charge is 0.486 e. The van der Waals surface area contributed by atoms with Crippen LogP contribution in [0.2, 0.25) is 0 Å². The molecular weight excluding hydrogens is 264 g/mol. The molecule has 4 nitrogen and oxygen atoms in total. The van der Waals surface area contributed by atoms with Crippen LogP contribution in [-0.2, 0) is 4.74 Å². The minimum Gasteiger partial charge on any atom is -0.486 e. The number of pyridine rings is 1. The van der Waals surface area contributed by atoms with Crippen LogP contribution >= 0.6 is 0 Å². The predicted molar refractivity (Wildman–Crippen MR) is 80.4 cm³/mol. The third-order valence-electron chi connectivity index (χ3n) is 5.25. The maximum absolute atomic E-state index is 6.16. The Morgan fingerprint density at radius 1 is 1.43 bits per heavy atom. The van der Waals surface area contributed by atoms with Gasteiger partial charge in [0.05, 0.1) is 18.4 Å². The summed E-state index contributed by atoms with van der Waals surface area (Å²) >= 11 is 0. The number of aromatic nitrogens is 1. The molecule has 0 radical (unpaired) electrons. The second-order valence-corrected chi connectivity index (χ2v) is 6.91. The lowest BCUT2D eigenvalue weighted by atomic mass is 9.85. The minimum atomic E-state index is 0.0522. The van der Waals surface area contributed by atoms with Crippen molar-refractivity contribution in [1.29, 1.82) is 0 Å². The Morgan fingerprint density at radius 2 is 2.38 bits per heavy atom. The molecule has 0 amide bonds. The summed E-state index contributed by atoms with van der Waals surface area (Å²) in [6.45, 7) is 4.28. The van der Waals surface area contributed by atoms with Crippen molar-refractivity contribution in [3.05, 3.63) is 24.5 Å². The smallest absolute Gasteiger partial charge is 0.138 e. The van der Waals surface area contributed by atoms with Gasteiger partial charge in [0, 0.05) is 32.3 Å². The van der Waals surface area contributed by atoms with Crippen LogP contribution in [0.1, 0.15) is 32.1 Å². The van der Waals surface area contributed by atoms with Gasteiger partial charge in [-0.15, -0.1) is 0 Å². The molecule has 21 heavy (non-hydrogen) atoms. The summed E-state index contributed by atoms with van der Waals surface area (Å²) in [5, 5.41) is 0.